The van der Waals surface area contributed by atoms with E-state index in [1.165, 1.54) is 31.1 Å². The van der Waals surface area contributed by atoms with Crippen LogP contribution in [0.1, 0.15) is 34.7 Å². The van der Waals surface area contributed by atoms with E-state index in [1.807, 2.05) is 12.1 Å². The third-order valence-electron chi connectivity index (χ3n) is 6.19. The van der Waals surface area contributed by atoms with Gasteiger partial charge in [-0.2, -0.15) is 5.10 Å². The molecule has 5 rings (SSSR count). The Labute approximate surface area is 229 Å². The van der Waals surface area contributed by atoms with Crippen LogP contribution in [0, 0.1) is 5.82 Å². The standard InChI is InChI=1S/C28H25ClFN5O4/c1-37-24-10-8-22(34-27(24)17-5-7-21(30)20(29)11-17)19(16-3-4-16)13-31-28(36)18-6-9-23(25(12-18)38-2)39-14-26-32-15-33-35-26/h5-12,15H,3-4,13-14H2,1-2H3,(H,31,36)(H,32,33,35). The fourth-order valence-corrected chi connectivity index (χ4v) is 4.22. The van der Waals surface area contributed by atoms with Crippen LogP contribution in [0.4, 0.5) is 4.39 Å². The number of allylic oxidation sites excluding steroid dienone is 1. The lowest BCUT2D eigenvalue weighted by Gasteiger charge is -2.14. The van der Waals surface area contributed by atoms with Gasteiger partial charge in [-0.1, -0.05) is 17.2 Å². The van der Waals surface area contributed by atoms with Gasteiger partial charge in [0.2, 0.25) is 0 Å². The van der Waals surface area contributed by atoms with Crippen LogP contribution >= 0.6 is 11.6 Å². The van der Waals surface area contributed by atoms with Crippen molar-refractivity contribution in [3.8, 4) is 28.5 Å². The fraction of sp³-hybridized carbons (Fsp3) is 0.214. The smallest absolute Gasteiger partial charge is 0.251 e. The number of H-pyrrole nitrogens is 1. The van der Waals surface area contributed by atoms with Gasteiger partial charge < -0.3 is 19.5 Å². The number of nitrogens with zero attached hydrogens (tertiary/aromatic N) is 3. The van der Waals surface area contributed by atoms with E-state index < -0.39 is 5.82 Å². The highest BCUT2D eigenvalue weighted by Crippen LogP contribution is 2.38. The van der Waals surface area contributed by atoms with Gasteiger partial charge in [0.15, 0.2) is 17.3 Å². The predicted octanol–water partition coefficient (Wildman–Crippen LogP) is 5.23. The zero-order chi connectivity index (χ0) is 27.4. The number of pyridine rings is 1. The summed E-state index contributed by atoms with van der Waals surface area (Å²) in [5.41, 5.74) is 4.43. The Morgan fingerprint density at radius 2 is 1.85 bits per heavy atom. The third-order valence-corrected chi connectivity index (χ3v) is 6.48. The first kappa shape index (κ1) is 26.2. The van der Waals surface area contributed by atoms with Gasteiger partial charge in [0.1, 0.15) is 30.2 Å². The molecule has 2 aromatic heterocycles. The molecule has 11 heteroatoms. The number of methoxy groups -OCH3 is 2. The molecule has 0 spiro atoms. The van der Waals surface area contributed by atoms with Crippen LogP contribution in [0.25, 0.3) is 16.8 Å². The lowest BCUT2D eigenvalue weighted by Crippen LogP contribution is -2.25. The van der Waals surface area contributed by atoms with Crippen molar-refractivity contribution >= 4 is 23.1 Å². The summed E-state index contributed by atoms with van der Waals surface area (Å²) in [4.78, 5) is 21.9. The largest absolute Gasteiger partial charge is 0.494 e. The third kappa shape index (κ3) is 6.01. The summed E-state index contributed by atoms with van der Waals surface area (Å²) >= 11 is 6.01. The van der Waals surface area contributed by atoms with Gasteiger partial charge in [0.25, 0.3) is 5.91 Å². The maximum atomic E-state index is 13.7. The van der Waals surface area contributed by atoms with Crippen LogP contribution in [0.15, 0.2) is 60.4 Å². The van der Waals surface area contributed by atoms with Gasteiger partial charge in [0, 0.05) is 17.7 Å². The number of hydrogen-bond acceptors (Lipinski definition) is 7. The summed E-state index contributed by atoms with van der Waals surface area (Å²) in [5.74, 6) is 1.21. The number of aromatic nitrogens is 4. The minimum Gasteiger partial charge on any atom is -0.494 e. The monoisotopic (exact) mass is 549 g/mol. The molecule has 0 saturated heterocycles. The molecule has 9 nitrogen and oxygen atoms in total. The number of ether oxygens (including phenoxy) is 3. The van der Waals surface area contributed by atoms with Crippen molar-refractivity contribution in [2.45, 2.75) is 19.4 Å². The van der Waals surface area contributed by atoms with Crippen molar-refractivity contribution in [3.05, 3.63) is 88.4 Å². The molecule has 2 heterocycles. The highest BCUT2D eigenvalue weighted by atomic mass is 35.5. The molecule has 200 valence electrons. The average Bonchev–Trinajstić information content (AvgIpc) is 3.66. The number of carbonyl (C=O) groups excluding carboxylic acids is 1. The molecule has 2 N–H and O–H groups in total. The highest BCUT2D eigenvalue weighted by Gasteiger charge is 2.22. The van der Waals surface area contributed by atoms with Gasteiger partial charge in [0.05, 0.1) is 24.9 Å². The predicted molar refractivity (Wildman–Crippen MR) is 143 cm³/mol. The molecule has 0 bridgehead atoms. The van der Waals surface area contributed by atoms with Crippen molar-refractivity contribution in [2.24, 2.45) is 0 Å². The molecule has 0 atom stereocenters. The SMILES string of the molecule is COc1cc(C(=O)NCC(=C2CC2)c2ccc(OC)c(-c3ccc(F)c(Cl)c3)n2)ccc1OCc1ncn[nH]1. The lowest BCUT2D eigenvalue weighted by atomic mass is 10.1. The molecule has 0 aliphatic heterocycles. The van der Waals surface area contributed by atoms with Crippen LogP contribution in [0.3, 0.4) is 0 Å². The molecule has 1 amide bonds. The Balaban J connectivity index is 1.33. The van der Waals surface area contributed by atoms with Gasteiger partial charge in [-0.15, -0.1) is 0 Å². The Hall–Kier alpha value is -4.44. The molecule has 0 radical (unpaired) electrons. The zero-order valence-corrected chi connectivity index (χ0v) is 22.0. The number of amides is 1. The second-order valence-corrected chi connectivity index (χ2v) is 9.13. The topological polar surface area (TPSA) is 111 Å². The number of benzene rings is 2. The average molecular weight is 550 g/mol. The molecule has 1 saturated carbocycles. The van der Waals surface area contributed by atoms with Gasteiger partial charge in [-0.3, -0.25) is 9.89 Å². The van der Waals surface area contributed by atoms with E-state index in [2.05, 4.69) is 20.5 Å². The molecular weight excluding hydrogens is 525 g/mol. The first-order valence-electron chi connectivity index (χ1n) is 12.1. The van der Waals surface area contributed by atoms with Crippen LogP contribution < -0.4 is 19.5 Å². The van der Waals surface area contributed by atoms with E-state index in [4.69, 9.17) is 30.8 Å². The fourth-order valence-electron chi connectivity index (χ4n) is 4.04. The summed E-state index contributed by atoms with van der Waals surface area (Å²) in [6, 6.07) is 13.0. The van der Waals surface area contributed by atoms with E-state index in [0.717, 1.165) is 18.4 Å². The van der Waals surface area contributed by atoms with Crippen molar-refractivity contribution in [1.29, 1.82) is 0 Å². The van der Waals surface area contributed by atoms with Gasteiger partial charge in [-0.25, -0.2) is 14.4 Å². The number of aromatic amines is 1. The summed E-state index contributed by atoms with van der Waals surface area (Å²) in [6.45, 7) is 0.461. The van der Waals surface area contributed by atoms with Crippen LogP contribution in [-0.4, -0.2) is 46.8 Å². The number of carbonyl (C=O) groups is 1. The number of hydrogen-bond donors (Lipinski definition) is 2. The zero-order valence-electron chi connectivity index (χ0n) is 21.3. The summed E-state index contributed by atoms with van der Waals surface area (Å²) < 4.78 is 30.4. The van der Waals surface area contributed by atoms with E-state index in [-0.39, 0.29) is 24.1 Å². The minimum atomic E-state index is -0.509. The molecule has 1 fully saturated rings. The van der Waals surface area contributed by atoms with E-state index >= 15 is 0 Å². The van der Waals surface area contributed by atoms with E-state index in [1.54, 1.807) is 31.4 Å². The second kappa shape index (κ2) is 11.5. The highest BCUT2D eigenvalue weighted by molar-refractivity contribution is 6.31. The normalized spacial score (nSPS) is 12.2. The molecule has 1 aliphatic carbocycles. The maximum absolute atomic E-state index is 13.7. The van der Waals surface area contributed by atoms with Crippen molar-refractivity contribution in [1.82, 2.24) is 25.5 Å². The lowest BCUT2D eigenvalue weighted by molar-refractivity contribution is 0.0958. The number of halogens is 2. The summed E-state index contributed by atoms with van der Waals surface area (Å²) in [5, 5.41) is 9.50. The molecule has 1 aliphatic rings. The van der Waals surface area contributed by atoms with Crippen LogP contribution in [0.5, 0.6) is 17.2 Å². The van der Waals surface area contributed by atoms with Crippen molar-refractivity contribution in [3.63, 3.8) is 0 Å². The first-order chi connectivity index (χ1) is 19.0. The first-order valence-corrected chi connectivity index (χ1v) is 12.5. The van der Waals surface area contributed by atoms with Crippen LogP contribution in [0.2, 0.25) is 5.02 Å². The number of rotatable bonds is 10. The Bertz CT molecular complexity index is 1540. The molecule has 0 unspecified atom stereocenters. The maximum Gasteiger partial charge on any atom is 0.251 e. The summed E-state index contributed by atoms with van der Waals surface area (Å²) in [6.07, 6.45) is 3.26. The number of nitrogens with one attached hydrogen (secondary N) is 2. The van der Waals surface area contributed by atoms with Crippen LogP contribution in [-0.2, 0) is 6.61 Å². The van der Waals surface area contributed by atoms with Crippen molar-refractivity contribution in [2.75, 3.05) is 20.8 Å². The van der Waals surface area contributed by atoms with Gasteiger partial charge in [-0.05, 0) is 66.9 Å². The second-order valence-electron chi connectivity index (χ2n) is 8.73. The molecule has 39 heavy (non-hydrogen) atoms. The Morgan fingerprint density at radius 3 is 2.54 bits per heavy atom. The molecule has 2 aromatic carbocycles. The summed E-state index contributed by atoms with van der Waals surface area (Å²) in [7, 11) is 3.06. The molecular formula is C28H25ClFN5O4. The van der Waals surface area contributed by atoms with E-state index in [9.17, 15) is 9.18 Å². The minimum absolute atomic E-state index is 0.000360. The Kier molecular flexibility index (Phi) is 7.74. The molecule has 4 aromatic rings. The quantitative estimate of drug-likeness (QED) is 0.278. The van der Waals surface area contributed by atoms with E-state index in [0.29, 0.717) is 45.6 Å². The van der Waals surface area contributed by atoms with Crippen molar-refractivity contribution < 1.29 is 23.4 Å². The van der Waals surface area contributed by atoms with Gasteiger partial charge >= 0.3 is 0 Å². The Morgan fingerprint density at radius 1 is 1.05 bits per heavy atom.